The molecule has 1 aromatic heterocycles. The number of benzene rings is 2. The van der Waals surface area contributed by atoms with Gasteiger partial charge in [0.2, 0.25) is 5.91 Å². The molecular weight excluding hydrogens is 328 g/mol. The van der Waals surface area contributed by atoms with E-state index in [4.69, 9.17) is 5.73 Å². The van der Waals surface area contributed by atoms with Crippen molar-refractivity contribution < 1.29 is 14.4 Å². The van der Waals surface area contributed by atoms with Gasteiger partial charge >= 0.3 is 0 Å². The molecule has 0 bridgehead atoms. The Morgan fingerprint density at radius 3 is 2.23 bits per heavy atom. The zero-order chi connectivity index (χ0) is 18.3. The number of carbonyl (C=O) groups excluding carboxylic acids is 3. The second kappa shape index (κ2) is 6.11. The average Bonchev–Trinajstić information content (AvgIpc) is 3.12. The van der Waals surface area contributed by atoms with E-state index < -0.39 is 0 Å². The van der Waals surface area contributed by atoms with Gasteiger partial charge in [0, 0.05) is 46.8 Å². The summed E-state index contributed by atoms with van der Waals surface area (Å²) in [6.45, 7) is 0.446. The lowest BCUT2D eigenvalue weighted by Crippen LogP contribution is -2.13. The smallest absolute Gasteiger partial charge is 0.219 e. The van der Waals surface area contributed by atoms with Crippen molar-refractivity contribution in [3.63, 3.8) is 0 Å². The van der Waals surface area contributed by atoms with Crippen LogP contribution in [0, 0.1) is 0 Å². The zero-order valence-corrected chi connectivity index (χ0v) is 13.9. The Hall–Kier alpha value is -3.47. The van der Waals surface area contributed by atoms with E-state index in [1.165, 1.54) is 0 Å². The van der Waals surface area contributed by atoms with Gasteiger partial charge in [0.05, 0.1) is 5.57 Å². The standard InChI is InChI=1S/C21H16N2O3/c22-19(24)9-10-23-12-13(14-5-3-4-8-18(14)23)11-17-20(25)15-6-1-2-7-16(15)21(17)26/h1-8,11-12H,9-10H2,(H2,22,24). The first kappa shape index (κ1) is 16.0. The average molecular weight is 344 g/mol. The van der Waals surface area contributed by atoms with Crippen LogP contribution in [0.1, 0.15) is 32.7 Å². The zero-order valence-electron chi connectivity index (χ0n) is 13.9. The molecule has 5 heteroatoms. The van der Waals surface area contributed by atoms with E-state index in [0.29, 0.717) is 17.7 Å². The number of nitrogens with two attached hydrogens (primary N) is 1. The summed E-state index contributed by atoms with van der Waals surface area (Å²) in [5.41, 5.74) is 8.02. The maximum Gasteiger partial charge on any atom is 0.219 e. The number of rotatable bonds is 4. The number of amides is 1. The first-order valence-corrected chi connectivity index (χ1v) is 8.32. The third kappa shape index (κ3) is 2.54. The van der Waals surface area contributed by atoms with Crippen molar-refractivity contribution in [3.05, 3.63) is 77.0 Å². The van der Waals surface area contributed by atoms with Gasteiger partial charge in [-0.15, -0.1) is 0 Å². The van der Waals surface area contributed by atoms with Crippen molar-refractivity contribution in [2.75, 3.05) is 0 Å². The Bertz CT molecular complexity index is 1070. The molecule has 0 atom stereocenters. The van der Waals surface area contributed by atoms with Crippen LogP contribution in [-0.4, -0.2) is 22.0 Å². The second-order valence-electron chi connectivity index (χ2n) is 6.27. The van der Waals surface area contributed by atoms with Crippen LogP contribution in [0.15, 0.2) is 60.3 Å². The van der Waals surface area contributed by atoms with Crippen LogP contribution in [0.2, 0.25) is 0 Å². The summed E-state index contributed by atoms with van der Waals surface area (Å²) in [4.78, 5) is 36.3. The van der Waals surface area contributed by atoms with E-state index in [1.807, 2.05) is 35.0 Å². The molecule has 2 N–H and O–H groups in total. The number of Topliss-reactive ketones (excluding diaryl/α,β-unsaturated/α-hetero) is 2. The van der Waals surface area contributed by atoms with Gasteiger partial charge in [0.15, 0.2) is 11.6 Å². The number of aromatic nitrogens is 1. The van der Waals surface area contributed by atoms with E-state index >= 15 is 0 Å². The van der Waals surface area contributed by atoms with Gasteiger partial charge in [-0.05, 0) is 12.1 Å². The molecule has 1 amide bonds. The Morgan fingerprint density at radius 1 is 0.962 bits per heavy atom. The van der Waals surface area contributed by atoms with Crippen LogP contribution in [-0.2, 0) is 11.3 Å². The van der Waals surface area contributed by atoms with Crippen molar-refractivity contribution in [1.82, 2.24) is 4.57 Å². The predicted octanol–water partition coefficient (Wildman–Crippen LogP) is 2.98. The summed E-state index contributed by atoms with van der Waals surface area (Å²) in [6.07, 6.45) is 3.72. The highest BCUT2D eigenvalue weighted by atomic mass is 16.2. The highest BCUT2D eigenvalue weighted by molar-refractivity contribution is 6.41. The molecule has 128 valence electrons. The number of ketones is 2. The van der Waals surface area contributed by atoms with Crippen molar-refractivity contribution in [2.24, 2.45) is 5.73 Å². The van der Waals surface area contributed by atoms with Crippen molar-refractivity contribution in [3.8, 4) is 0 Å². The largest absolute Gasteiger partial charge is 0.370 e. The summed E-state index contributed by atoms with van der Waals surface area (Å²) < 4.78 is 1.92. The van der Waals surface area contributed by atoms with Gasteiger partial charge in [-0.1, -0.05) is 42.5 Å². The Balaban J connectivity index is 1.81. The van der Waals surface area contributed by atoms with Gasteiger partial charge in [0.25, 0.3) is 0 Å². The van der Waals surface area contributed by atoms with Gasteiger partial charge in [-0.2, -0.15) is 0 Å². The molecule has 0 spiro atoms. The number of carbonyl (C=O) groups is 3. The number of aryl methyl sites for hydroxylation is 1. The molecule has 5 nitrogen and oxygen atoms in total. The summed E-state index contributed by atoms with van der Waals surface area (Å²) in [5, 5.41) is 0.918. The number of primary amides is 1. The highest BCUT2D eigenvalue weighted by Crippen LogP contribution is 2.30. The molecule has 0 saturated heterocycles. The van der Waals surface area contributed by atoms with E-state index in [1.54, 1.807) is 30.3 Å². The van der Waals surface area contributed by atoms with Gasteiger partial charge in [-0.3, -0.25) is 14.4 Å². The fourth-order valence-corrected chi connectivity index (χ4v) is 3.36. The van der Waals surface area contributed by atoms with Crippen LogP contribution in [0.5, 0.6) is 0 Å². The van der Waals surface area contributed by atoms with Crippen molar-refractivity contribution in [2.45, 2.75) is 13.0 Å². The van der Waals surface area contributed by atoms with Crippen molar-refractivity contribution >= 4 is 34.5 Å². The number of hydrogen-bond donors (Lipinski definition) is 1. The van der Waals surface area contributed by atoms with E-state index in [9.17, 15) is 14.4 Å². The molecule has 2 aromatic carbocycles. The predicted molar refractivity (Wildman–Crippen MR) is 98.8 cm³/mol. The van der Waals surface area contributed by atoms with Crippen LogP contribution < -0.4 is 5.73 Å². The fourth-order valence-electron chi connectivity index (χ4n) is 3.36. The first-order valence-electron chi connectivity index (χ1n) is 8.32. The topological polar surface area (TPSA) is 82.2 Å². The normalized spacial score (nSPS) is 13.3. The molecule has 0 aliphatic heterocycles. The third-order valence-corrected chi connectivity index (χ3v) is 4.62. The molecule has 0 saturated carbocycles. The lowest BCUT2D eigenvalue weighted by Gasteiger charge is -2.02. The molecule has 26 heavy (non-hydrogen) atoms. The maximum atomic E-state index is 12.6. The van der Waals surface area contributed by atoms with Crippen LogP contribution in [0.25, 0.3) is 17.0 Å². The summed E-state index contributed by atoms with van der Waals surface area (Å²) in [5.74, 6) is -0.876. The third-order valence-electron chi connectivity index (χ3n) is 4.62. The molecule has 1 aliphatic rings. The highest BCUT2D eigenvalue weighted by Gasteiger charge is 2.32. The molecular formula is C21H16N2O3. The molecule has 3 aromatic rings. The van der Waals surface area contributed by atoms with E-state index in [2.05, 4.69) is 0 Å². The maximum absolute atomic E-state index is 12.6. The van der Waals surface area contributed by atoms with Crippen LogP contribution >= 0.6 is 0 Å². The number of nitrogens with zero attached hydrogens (tertiary/aromatic N) is 1. The molecule has 4 rings (SSSR count). The lowest BCUT2D eigenvalue weighted by molar-refractivity contribution is -0.118. The first-order chi connectivity index (χ1) is 12.6. The number of allylic oxidation sites excluding steroid dienone is 1. The van der Waals surface area contributed by atoms with E-state index in [0.717, 1.165) is 16.5 Å². The minimum atomic E-state index is -0.376. The van der Waals surface area contributed by atoms with Gasteiger partial charge < -0.3 is 10.3 Å². The summed E-state index contributed by atoms with van der Waals surface area (Å²) >= 11 is 0. The van der Waals surface area contributed by atoms with Crippen LogP contribution in [0.4, 0.5) is 0 Å². The molecule has 0 unspecified atom stereocenters. The van der Waals surface area contributed by atoms with Gasteiger partial charge in [-0.25, -0.2) is 0 Å². The molecule has 0 fully saturated rings. The Kier molecular flexibility index (Phi) is 3.77. The molecule has 1 heterocycles. The Morgan fingerprint density at radius 2 is 1.58 bits per heavy atom. The van der Waals surface area contributed by atoms with E-state index in [-0.39, 0.29) is 29.5 Å². The Labute approximate surface area is 149 Å². The summed E-state index contributed by atoms with van der Waals surface area (Å²) in [7, 11) is 0. The molecule has 0 radical (unpaired) electrons. The molecule has 1 aliphatic carbocycles. The van der Waals surface area contributed by atoms with Crippen molar-refractivity contribution in [1.29, 1.82) is 0 Å². The quantitative estimate of drug-likeness (QED) is 0.583. The number of hydrogen-bond acceptors (Lipinski definition) is 3. The minimum Gasteiger partial charge on any atom is -0.370 e. The summed E-state index contributed by atoms with van der Waals surface area (Å²) in [6, 6.07) is 14.5. The van der Waals surface area contributed by atoms with Crippen LogP contribution in [0.3, 0.4) is 0 Å². The second-order valence-corrected chi connectivity index (χ2v) is 6.27. The number of fused-ring (bicyclic) bond motifs is 2. The monoisotopic (exact) mass is 344 g/mol. The minimum absolute atomic E-state index is 0.170. The lowest BCUT2D eigenvalue weighted by atomic mass is 10.1. The SMILES string of the molecule is NC(=O)CCn1cc(C=C2C(=O)c3ccccc3C2=O)c2ccccc21. The van der Waals surface area contributed by atoms with Gasteiger partial charge in [0.1, 0.15) is 0 Å². The number of para-hydroxylation sites is 1. The fraction of sp³-hybridized carbons (Fsp3) is 0.0952.